The minimum absolute atomic E-state index is 0.0834. The van der Waals surface area contributed by atoms with Crippen LogP contribution in [0, 0.1) is 12.8 Å². The monoisotopic (exact) mass is 416 g/mol. The highest BCUT2D eigenvalue weighted by Gasteiger charge is 2.37. The number of aryl methyl sites for hydroxylation is 1. The molecule has 0 spiro atoms. The Bertz CT molecular complexity index is 1100. The first-order valence-electron chi connectivity index (χ1n) is 11.1. The molecule has 0 bridgehead atoms. The summed E-state index contributed by atoms with van der Waals surface area (Å²) in [6.45, 7) is 4.66. The molecular formula is C25H28N4O2. The van der Waals surface area contributed by atoms with Gasteiger partial charge in [-0.2, -0.15) is 0 Å². The second-order valence-electron chi connectivity index (χ2n) is 8.90. The van der Waals surface area contributed by atoms with Gasteiger partial charge >= 0.3 is 0 Å². The summed E-state index contributed by atoms with van der Waals surface area (Å²) in [5.74, 6) is 0.441. The average Bonchev–Trinajstić information content (AvgIpc) is 3.39. The third kappa shape index (κ3) is 3.94. The first-order valence-corrected chi connectivity index (χ1v) is 11.1. The number of benzene rings is 1. The quantitative estimate of drug-likeness (QED) is 0.706. The maximum Gasteiger partial charge on any atom is 0.227 e. The van der Waals surface area contributed by atoms with Crippen molar-refractivity contribution in [3.8, 4) is 0 Å². The summed E-state index contributed by atoms with van der Waals surface area (Å²) < 4.78 is 0. The topological polar surface area (TPSA) is 69.3 Å². The van der Waals surface area contributed by atoms with Crippen molar-refractivity contribution in [3.63, 3.8) is 0 Å². The fourth-order valence-electron chi connectivity index (χ4n) is 4.99. The molecule has 2 fully saturated rings. The highest BCUT2D eigenvalue weighted by atomic mass is 16.2. The van der Waals surface area contributed by atoms with Crippen molar-refractivity contribution in [1.82, 2.24) is 19.8 Å². The lowest BCUT2D eigenvalue weighted by atomic mass is 9.89. The van der Waals surface area contributed by atoms with Gasteiger partial charge in [-0.25, -0.2) is 4.98 Å². The van der Waals surface area contributed by atoms with E-state index in [-0.39, 0.29) is 17.7 Å². The van der Waals surface area contributed by atoms with Crippen molar-refractivity contribution in [1.29, 1.82) is 0 Å². The van der Waals surface area contributed by atoms with Gasteiger partial charge in [-0.05, 0) is 48.9 Å². The molecule has 6 heteroatoms. The summed E-state index contributed by atoms with van der Waals surface area (Å²) in [6.07, 6.45) is 6.09. The van der Waals surface area contributed by atoms with E-state index in [1.807, 2.05) is 15.9 Å². The number of carbonyl (C=O) groups excluding carboxylic acids is 2. The van der Waals surface area contributed by atoms with Crippen molar-refractivity contribution in [2.75, 3.05) is 19.6 Å². The van der Waals surface area contributed by atoms with Crippen LogP contribution in [0.3, 0.4) is 0 Å². The number of hydrogen-bond acceptors (Lipinski definition) is 3. The Morgan fingerprint density at radius 2 is 1.94 bits per heavy atom. The van der Waals surface area contributed by atoms with Crippen molar-refractivity contribution in [3.05, 3.63) is 65.5 Å². The van der Waals surface area contributed by atoms with Crippen molar-refractivity contribution in [2.45, 2.75) is 38.6 Å². The van der Waals surface area contributed by atoms with E-state index < -0.39 is 0 Å². The lowest BCUT2D eigenvalue weighted by molar-refractivity contribution is -0.136. The van der Waals surface area contributed by atoms with Crippen LogP contribution >= 0.6 is 0 Å². The van der Waals surface area contributed by atoms with E-state index >= 15 is 0 Å². The number of H-pyrrole nitrogens is 1. The van der Waals surface area contributed by atoms with Crippen LogP contribution in [-0.4, -0.2) is 51.2 Å². The smallest absolute Gasteiger partial charge is 0.227 e. The fraction of sp³-hybridized carbons (Fsp3) is 0.400. The zero-order valence-corrected chi connectivity index (χ0v) is 17.9. The number of nitrogens with zero attached hydrogens (tertiary/aromatic N) is 3. The van der Waals surface area contributed by atoms with Crippen LogP contribution < -0.4 is 0 Å². The molecule has 2 aromatic heterocycles. The number of amides is 2. The maximum absolute atomic E-state index is 13.1. The van der Waals surface area contributed by atoms with E-state index in [0.717, 1.165) is 37.1 Å². The van der Waals surface area contributed by atoms with E-state index in [4.69, 9.17) is 0 Å². The van der Waals surface area contributed by atoms with E-state index in [2.05, 4.69) is 53.4 Å². The van der Waals surface area contributed by atoms with E-state index in [9.17, 15) is 9.59 Å². The lowest BCUT2D eigenvalue weighted by Gasteiger charge is -2.33. The third-order valence-electron chi connectivity index (χ3n) is 6.79. The summed E-state index contributed by atoms with van der Waals surface area (Å²) in [5.41, 5.74) is 4.54. The standard InChI is InChI=1S/C25H28N4O2/c1-17-4-6-18(7-5-17)15-29-16-20(13-23(29)30)25(31)28-11-8-19(9-12-28)22-14-27-24-21(22)3-2-10-26-24/h2-7,10,14,19-20H,8-9,11-13,15-16H2,1H3,(H,26,27). The van der Waals surface area contributed by atoms with Crippen molar-refractivity contribution in [2.24, 2.45) is 5.92 Å². The normalized spacial score (nSPS) is 20.0. The van der Waals surface area contributed by atoms with Gasteiger partial charge in [0, 0.05) is 50.4 Å². The Labute approximate surface area is 182 Å². The molecule has 1 atom stereocenters. The Morgan fingerprint density at radius 3 is 2.71 bits per heavy atom. The zero-order valence-electron chi connectivity index (χ0n) is 17.9. The number of carbonyl (C=O) groups is 2. The van der Waals surface area contributed by atoms with E-state index in [1.54, 1.807) is 6.20 Å². The molecule has 6 nitrogen and oxygen atoms in total. The van der Waals surface area contributed by atoms with Gasteiger partial charge in [0.15, 0.2) is 0 Å². The summed E-state index contributed by atoms with van der Waals surface area (Å²) in [7, 11) is 0. The molecule has 31 heavy (non-hydrogen) atoms. The van der Waals surface area contributed by atoms with Gasteiger partial charge in [-0.15, -0.1) is 0 Å². The number of fused-ring (bicyclic) bond motifs is 1. The molecule has 1 unspecified atom stereocenters. The van der Waals surface area contributed by atoms with Gasteiger partial charge in [0.25, 0.3) is 0 Å². The number of likely N-dealkylation sites (tertiary alicyclic amines) is 2. The molecule has 4 heterocycles. The van der Waals surface area contributed by atoms with Gasteiger partial charge < -0.3 is 14.8 Å². The first-order chi connectivity index (χ1) is 15.1. The first kappa shape index (κ1) is 19.8. The number of aromatic nitrogens is 2. The molecule has 0 radical (unpaired) electrons. The predicted molar refractivity (Wildman–Crippen MR) is 119 cm³/mol. The number of hydrogen-bond donors (Lipinski definition) is 1. The minimum Gasteiger partial charge on any atom is -0.346 e. The molecule has 0 saturated carbocycles. The van der Waals surface area contributed by atoms with Crippen LogP contribution in [0.15, 0.2) is 48.8 Å². The van der Waals surface area contributed by atoms with Crippen LogP contribution in [0.1, 0.15) is 41.9 Å². The second kappa shape index (κ2) is 8.17. The van der Waals surface area contributed by atoms with E-state index in [0.29, 0.717) is 25.4 Å². The number of nitrogens with one attached hydrogen (secondary N) is 1. The van der Waals surface area contributed by atoms with Gasteiger partial charge in [-0.3, -0.25) is 9.59 Å². The lowest BCUT2D eigenvalue weighted by Crippen LogP contribution is -2.42. The molecule has 160 valence electrons. The molecule has 0 aliphatic carbocycles. The van der Waals surface area contributed by atoms with Crippen molar-refractivity contribution < 1.29 is 9.59 Å². The highest BCUT2D eigenvalue weighted by molar-refractivity contribution is 5.89. The van der Waals surface area contributed by atoms with E-state index in [1.165, 1.54) is 16.5 Å². The molecule has 2 amide bonds. The Balaban J connectivity index is 1.19. The molecule has 2 saturated heterocycles. The Hall–Kier alpha value is -3.15. The number of piperidine rings is 1. The maximum atomic E-state index is 13.1. The fourth-order valence-corrected chi connectivity index (χ4v) is 4.99. The van der Waals surface area contributed by atoms with Gasteiger partial charge in [0.2, 0.25) is 11.8 Å². The average molecular weight is 417 g/mol. The SMILES string of the molecule is Cc1ccc(CN2CC(C(=O)N3CCC(c4c[nH]c5ncccc45)CC3)CC2=O)cc1. The number of pyridine rings is 1. The Kier molecular flexibility index (Phi) is 5.22. The summed E-state index contributed by atoms with van der Waals surface area (Å²) in [5, 5.41) is 1.18. The van der Waals surface area contributed by atoms with Gasteiger partial charge in [-0.1, -0.05) is 29.8 Å². The van der Waals surface area contributed by atoms with Crippen LogP contribution in [-0.2, 0) is 16.1 Å². The number of rotatable bonds is 4. The molecular weight excluding hydrogens is 388 g/mol. The van der Waals surface area contributed by atoms with Gasteiger partial charge in [0.05, 0.1) is 5.92 Å². The molecule has 1 aromatic carbocycles. The van der Waals surface area contributed by atoms with Crippen LogP contribution in [0.4, 0.5) is 0 Å². The van der Waals surface area contributed by atoms with Crippen LogP contribution in [0.5, 0.6) is 0 Å². The minimum atomic E-state index is -0.216. The van der Waals surface area contributed by atoms with Crippen molar-refractivity contribution >= 4 is 22.8 Å². The largest absolute Gasteiger partial charge is 0.346 e. The van der Waals surface area contributed by atoms with Gasteiger partial charge in [0.1, 0.15) is 5.65 Å². The zero-order chi connectivity index (χ0) is 21.4. The Morgan fingerprint density at radius 1 is 1.16 bits per heavy atom. The third-order valence-corrected chi connectivity index (χ3v) is 6.79. The molecule has 5 rings (SSSR count). The molecule has 3 aromatic rings. The van der Waals surface area contributed by atoms with Crippen LogP contribution in [0.2, 0.25) is 0 Å². The predicted octanol–water partition coefficient (Wildman–Crippen LogP) is 3.63. The summed E-state index contributed by atoms with van der Waals surface area (Å²) >= 11 is 0. The van der Waals surface area contributed by atoms with Crippen LogP contribution in [0.25, 0.3) is 11.0 Å². The molecule has 1 N–H and O–H groups in total. The summed E-state index contributed by atoms with van der Waals surface area (Å²) in [4.78, 5) is 37.1. The second-order valence-corrected chi connectivity index (χ2v) is 8.90. The molecule has 2 aliphatic heterocycles. The summed E-state index contributed by atoms with van der Waals surface area (Å²) in [6, 6.07) is 12.3. The highest BCUT2D eigenvalue weighted by Crippen LogP contribution is 2.33. The number of aromatic amines is 1. The molecule has 2 aliphatic rings.